The highest BCUT2D eigenvalue weighted by atomic mass is 35.5. The summed E-state index contributed by atoms with van der Waals surface area (Å²) in [5, 5.41) is 0.602. The number of halogens is 3. The van der Waals surface area contributed by atoms with Crippen molar-refractivity contribution < 1.29 is 9.53 Å². The van der Waals surface area contributed by atoms with Crippen molar-refractivity contribution in [1.29, 1.82) is 0 Å². The van der Waals surface area contributed by atoms with Gasteiger partial charge in [0.1, 0.15) is 17.6 Å². The molecule has 0 bridgehead atoms. The van der Waals surface area contributed by atoms with E-state index >= 15 is 0 Å². The van der Waals surface area contributed by atoms with Crippen molar-refractivity contribution in [2.24, 2.45) is 0 Å². The third-order valence-electron chi connectivity index (χ3n) is 2.50. The summed E-state index contributed by atoms with van der Waals surface area (Å²) in [5.74, 6) is 1.36. The molecule has 1 aliphatic heterocycles. The first-order chi connectivity index (χ1) is 8.49. The molecule has 1 aromatic rings. The van der Waals surface area contributed by atoms with Gasteiger partial charge in [-0.05, 0) is 20.2 Å². The number of hydrogen-bond acceptors (Lipinski definition) is 4. The van der Waals surface area contributed by atoms with Gasteiger partial charge in [-0.3, -0.25) is 4.79 Å². The minimum atomic E-state index is -0.183. The number of Topliss-reactive ketones (excluding diaryl/α,β-unsaturated/α-hetero) is 1. The largest absolute Gasteiger partial charge is 0.491 e. The van der Waals surface area contributed by atoms with E-state index in [2.05, 4.69) is 0 Å². The molecule has 2 rings (SSSR count). The lowest BCUT2D eigenvalue weighted by atomic mass is 10.0. The molecule has 1 aromatic carbocycles. The number of carbonyl (C=O) groups excluding carboxylic acids is 1. The number of hydrogen-bond donors (Lipinski definition) is 0. The monoisotopic (exact) mass is 341 g/mol. The van der Waals surface area contributed by atoms with E-state index in [0.29, 0.717) is 28.0 Å². The number of fused-ring (bicyclic) bond motifs is 1. The molecule has 0 spiro atoms. The minimum Gasteiger partial charge on any atom is -0.491 e. The smallest absolute Gasteiger partial charge is 0.183 e. The molecule has 0 fully saturated rings. The van der Waals surface area contributed by atoms with Crippen LogP contribution < -0.4 is 4.74 Å². The molecule has 0 amide bonds. The quantitative estimate of drug-likeness (QED) is 0.785. The normalized spacial score (nSPS) is 17.7. The van der Waals surface area contributed by atoms with Crippen LogP contribution in [0.5, 0.6) is 5.75 Å². The second-order valence-corrected chi connectivity index (χ2v) is 6.28. The Hall–Kier alpha value is -0.130. The third kappa shape index (κ3) is 3.92. The van der Waals surface area contributed by atoms with E-state index in [1.54, 1.807) is 23.9 Å². The van der Waals surface area contributed by atoms with Crippen LogP contribution in [0.1, 0.15) is 10.4 Å². The van der Waals surface area contributed by atoms with Crippen LogP contribution in [0, 0.1) is 0 Å². The summed E-state index contributed by atoms with van der Waals surface area (Å²) < 4.78 is 5.57. The van der Waals surface area contributed by atoms with Gasteiger partial charge in [0.25, 0.3) is 0 Å². The average Bonchev–Trinajstić information content (AvgIpc) is 2.31. The van der Waals surface area contributed by atoms with E-state index in [-0.39, 0.29) is 23.4 Å². The Bertz CT molecular complexity index is 482. The van der Waals surface area contributed by atoms with Gasteiger partial charge in [0.15, 0.2) is 5.78 Å². The lowest BCUT2D eigenvalue weighted by Crippen LogP contribution is -2.32. The van der Waals surface area contributed by atoms with Crippen LogP contribution >= 0.6 is 47.4 Å². The molecule has 0 aromatic heterocycles. The standard InChI is InChI=1S/C12H13Cl2NO2S.ClH/c1-15(2)6-18-11-5-17-10-4-9(14)8(13)3-7(10)12(11)16;/h3-4,11H,5-6H2,1-2H3;1H. The Balaban J connectivity index is 0.00000180. The summed E-state index contributed by atoms with van der Waals surface area (Å²) in [6.45, 7) is 0.377. The lowest BCUT2D eigenvalue weighted by Gasteiger charge is -2.25. The fourth-order valence-corrected chi connectivity index (χ4v) is 2.86. The molecule has 1 aliphatic rings. The molecule has 7 heteroatoms. The summed E-state index contributed by atoms with van der Waals surface area (Å²) in [7, 11) is 3.93. The molecule has 106 valence electrons. The molecule has 19 heavy (non-hydrogen) atoms. The predicted molar refractivity (Wildman–Crippen MR) is 83.5 cm³/mol. The molecule has 1 atom stereocenters. The van der Waals surface area contributed by atoms with Crippen LogP contribution in [-0.2, 0) is 0 Å². The van der Waals surface area contributed by atoms with E-state index in [9.17, 15) is 4.79 Å². The second-order valence-electron chi connectivity index (χ2n) is 4.30. The first kappa shape index (κ1) is 16.9. The van der Waals surface area contributed by atoms with Crippen LogP contribution in [0.3, 0.4) is 0 Å². The molecule has 0 aliphatic carbocycles. The fourth-order valence-electron chi connectivity index (χ4n) is 1.62. The SMILES string of the molecule is CN(C)CSC1COc2cc(Cl)c(Cl)cc2C1=O.Cl. The zero-order chi connectivity index (χ0) is 13.3. The number of thioether (sulfide) groups is 1. The fraction of sp³-hybridized carbons (Fsp3) is 0.417. The van der Waals surface area contributed by atoms with E-state index in [1.807, 2.05) is 19.0 Å². The van der Waals surface area contributed by atoms with Gasteiger partial charge in [-0.1, -0.05) is 23.2 Å². The number of ketones is 1. The predicted octanol–water partition coefficient (Wildman–Crippen LogP) is 3.61. The Kier molecular flexibility index (Phi) is 6.27. The van der Waals surface area contributed by atoms with Gasteiger partial charge in [0, 0.05) is 11.9 Å². The maximum absolute atomic E-state index is 12.3. The van der Waals surface area contributed by atoms with Gasteiger partial charge >= 0.3 is 0 Å². The topological polar surface area (TPSA) is 29.5 Å². The van der Waals surface area contributed by atoms with Crippen molar-refractivity contribution in [3.8, 4) is 5.75 Å². The van der Waals surface area contributed by atoms with E-state index in [0.717, 1.165) is 5.88 Å². The molecule has 0 radical (unpaired) electrons. The van der Waals surface area contributed by atoms with Gasteiger partial charge < -0.3 is 9.64 Å². The van der Waals surface area contributed by atoms with Crippen LogP contribution in [0.25, 0.3) is 0 Å². The number of ether oxygens (including phenoxy) is 1. The van der Waals surface area contributed by atoms with Gasteiger partial charge in [-0.25, -0.2) is 0 Å². The maximum atomic E-state index is 12.3. The maximum Gasteiger partial charge on any atom is 0.183 e. The van der Waals surface area contributed by atoms with Crippen LogP contribution in [0.15, 0.2) is 12.1 Å². The Morgan fingerprint density at radius 2 is 2.00 bits per heavy atom. The second kappa shape index (κ2) is 7.04. The van der Waals surface area contributed by atoms with Crippen molar-refractivity contribution in [3.63, 3.8) is 0 Å². The summed E-state index contributed by atoms with van der Waals surface area (Å²) in [4.78, 5) is 14.3. The van der Waals surface area contributed by atoms with Crippen molar-refractivity contribution in [2.75, 3.05) is 26.6 Å². The van der Waals surface area contributed by atoms with E-state index in [1.165, 1.54) is 0 Å². The third-order valence-corrected chi connectivity index (χ3v) is 4.64. The number of carbonyl (C=O) groups is 1. The number of nitrogens with zero attached hydrogens (tertiary/aromatic N) is 1. The number of rotatable bonds is 3. The molecule has 0 N–H and O–H groups in total. The van der Waals surface area contributed by atoms with Gasteiger partial charge in [-0.2, -0.15) is 0 Å². The number of benzene rings is 1. The highest BCUT2D eigenvalue weighted by Crippen LogP contribution is 2.35. The zero-order valence-electron chi connectivity index (χ0n) is 10.5. The van der Waals surface area contributed by atoms with Crippen molar-refractivity contribution in [2.45, 2.75) is 5.25 Å². The molecular weight excluding hydrogens is 329 g/mol. The minimum absolute atomic E-state index is 0. The van der Waals surface area contributed by atoms with Crippen LogP contribution in [0.2, 0.25) is 10.0 Å². The van der Waals surface area contributed by atoms with Crippen molar-refractivity contribution in [3.05, 3.63) is 27.7 Å². The average molecular weight is 343 g/mol. The molecule has 0 saturated carbocycles. The Labute approximate surface area is 133 Å². The highest BCUT2D eigenvalue weighted by molar-refractivity contribution is 8.00. The Morgan fingerprint density at radius 3 is 2.63 bits per heavy atom. The first-order valence-electron chi connectivity index (χ1n) is 5.41. The van der Waals surface area contributed by atoms with Gasteiger partial charge in [-0.15, -0.1) is 24.2 Å². The zero-order valence-corrected chi connectivity index (χ0v) is 13.6. The molecule has 1 unspecified atom stereocenters. The van der Waals surface area contributed by atoms with Crippen molar-refractivity contribution in [1.82, 2.24) is 4.90 Å². The lowest BCUT2D eigenvalue weighted by molar-refractivity contribution is 0.0943. The van der Waals surface area contributed by atoms with Crippen LogP contribution in [0.4, 0.5) is 0 Å². The highest BCUT2D eigenvalue weighted by Gasteiger charge is 2.30. The summed E-state index contributed by atoms with van der Waals surface area (Å²) in [6, 6.07) is 3.19. The molecule has 1 heterocycles. The molecular formula is C12H14Cl3NO2S. The van der Waals surface area contributed by atoms with Crippen LogP contribution in [-0.4, -0.2) is 42.5 Å². The van der Waals surface area contributed by atoms with Crippen molar-refractivity contribution >= 4 is 53.2 Å². The van der Waals surface area contributed by atoms with Gasteiger partial charge in [0.05, 0.1) is 15.6 Å². The summed E-state index contributed by atoms with van der Waals surface area (Å²) in [5.41, 5.74) is 0.520. The van der Waals surface area contributed by atoms with E-state index < -0.39 is 0 Å². The molecule has 0 saturated heterocycles. The van der Waals surface area contributed by atoms with Gasteiger partial charge in [0.2, 0.25) is 0 Å². The van der Waals surface area contributed by atoms with E-state index in [4.69, 9.17) is 27.9 Å². The molecule has 3 nitrogen and oxygen atoms in total. The Morgan fingerprint density at radius 1 is 1.37 bits per heavy atom. The summed E-state index contributed by atoms with van der Waals surface area (Å²) in [6.07, 6.45) is 0. The first-order valence-corrected chi connectivity index (χ1v) is 7.22. The summed E-state index contributed by atoms with van der Waals surface area (Å²) >= 11 is 13.4.